The van der Waals surface area contributed by atoms with Gasteiger partial charge in [0.25, 0.3) is 0 Å². The van der Waals surface area contributed by atoms with Crippen LogP contribution in [0.2, 0.25) is 0 Å². The quantitative estimate of drug-likeness (QED) is 0.514. The average molecular weight is 274 g/mol. The first-order valence-electron chi connectivity index (χ1n) is 7.38. The molecule has 20 heavy (non-hydrogen) atoms. The van der Waals surface area contributed by atoms with E-state index in [0.29, 0.717) is 0 Å². The summed E-state index contributed by atoms with van der Waals surface area (Å²) in [7, 11) is 1.66. The van der Waals surface area contributed by atoms with Crippen LogP contribution in [0.4, 0.5) is 4.39 Å². The molecule has 0 spiro atoms. The van der Waals surface area contributed by atoms with Crippen molar-refractivity contribution >= 4 is 0 Å². The number of unbranched alkanes of at least 4 members (excludes halogenated alkanes) is 2. The largest absolute Gasteiger partial charge is 0.370 e. The molecule has 0 aliphatic heterocycles. The third-order valence-electron chi connectivity index (χ3n) is 3.96. The van der Waals surface area contributed by atoms with Crippen molar-refractivity contribution in [3.05, 3.63) is 60.0 Å². The molecule has 0 amide bonds. The Balaban J connectivity index is 2.14. The van der Waals surface area contributed by atoms with E-state index in [1.54, 1.807) is 13.2 Å². The van der Waals surface area contributed by atoms with Gasteiger partial charge in [0.05, 0.1) is 5.92 Å². The van der Waals surface area contributed by atoms with E-state index in [9.17, 15) is 4.39 Å². The second kappa shape index (κ2) is 6.85. The van der Waals surface area contributed by atoms with E-state index in [4.69, 9.17) is 4.74 Å². The second-order valence-corrected chi connectivity index (χ2v) is 5.39. The monoisotopic (exact) mass is 274 g/mol. The lowest BCUT2D eigenvalue weighted by atomic mass is 9.84. The minimum atomic E-state index is -0.565. The molecule has 2 unspecified atom stereocenters. The van der Waals surface area contributed by atoms with Gasteiger partial charge < -0.3 is 4.74 Å². The number of rotatable bonds is 6. The number of methoxy groups -OCH3 is 1. The highest BCUT2D eigenvalue weighted by Crippen LogP contribution is 2.37. The summed E-state index contributed by atoms with van der Waals surface area (Å²) in [6, 6.07) is 9.74. The normalized spacial score (nSPS) is 25.6. The summed E-state index contributed by atoms with van der Waals surface area (Å²) in [4.78, 5) is 0. The van der Waals surface area contributed by atoms with Crippen molar-refractivity contribution in [1.29, 1.82) is 0 Å². The molecule has 1 aromatic rings. The number of ether oxygens (including phenoxy) is 1. The fourth-order valence-electron chi connectivity index (χ4n) is 2.69. The van der Waals surface area contributed by atoms with Gasteiger partial charge in [0.2, 0.25) is 0 Å². The van der Waals surface area contributed by atoms with Crippen molar-refractivity contribution in [2.24, 2.45) is 0 Å². The van der Waals surface area contributed by atoms with Crippen molar-refractivity contribution in [2.75, 3.05) is 7.11 Å². The van der Waals surface area contributed by atoms with Gasteiger partial charge in [-0.2, -0.15) is 0 Å². The van der Waals surface area contributed by atoms with Gasteiger partial charge in [0, 0.05) is 7.11 Å². The van der Waals surface area contributed by atoms with Crippen LogP contribution in [0.1, 0.15) is 44.1 Å². The minimum Gasteiger partial charge on any atom is -0.370 e. The zero-order valence-electron chi connectivity index (χ0n) is 12.3. The average Bonchev–Trinajstić information content (AvgIpc) is 2.48. The minimum absolute atomic E-state index is 0.114. The third-order valence-corrected chi connectivity index (χ3v) is 3.96. The van der Waals surface area contributed by atoms with Crippen LogP contribution >= 0.6 is 0 Å². The van der Waals surface area contributed by atoms with E-state index in [2.05, 4.69) is 6.92 Å². The summed E-state index contributed by atoms with van der Waals surface area (Å²) in [6.45, 7) is 2.16. The van der Waals surface area contributed by atoms with Crippen molar-refractivity contribution in [2.45, 2.75) is 44.1 Å². The first-order chi connectivity index (χ1) is 9.71. The first kappa shape index (κ1) is 15.0. The molecule has 2 atom stereocenters. The molecular weight excluding hydrogens is 251 g/mol. The topological polar surface area (TPSA) is 9.23 Å². The summed E-state index contributed by atoms with van der Waals surface area (Å²) in [5.41, 5.74) is 0.417. The molecule has 2 heteroatoms. The molecule has 0 bridgehead atoms. The Labute approximate surface area is 121 Å². The predicted octanol–water partition coefficient (Wildman–Crippen LogP) is 5.16. The summed E-state index contributed by atoms with van der Waals surface area (Å²) in [5.74, 6) is -0.386. The van der Waals surface area contributed by atoms with Gasteiger partial charge in [-0.15, -0.1) is 0 Å². The number of allylic oxidation sites excluding steroid dienone is 2. The maximum absolute atomic E-state index is 14.5. The van der Waals surface area contributed by atoms with Crippen LogP contribution in [0.15, 0.2) is 54.4 Å². The maximum Gasteiger partial charge on any atom is 0.110 e. The zero-order chi connectivity index (χ0) is 14.4. The smallest absolute Gasteiger partial charge is 0.110 e. The van der Waals surface area contributed by atoms with Crippen LogP contribution in [0, 0.1) is 0 Å². The van der Waals surface area contributed by atoms with Gasteiger partial charge in [-0.25, -0.2) is 4.39 Å². The lowest BCUT2D eigenvalue weighted by Crippen LogP contribution is -2.29. The Morgan fingerprint density at radius 2 is 1.95 bits per heavy atom. The molecule has 1 nitrogen and oxygen atoms in total. The standard InChI is InChI=1S/C18H23FO/c1-3-4-8-12-18(20-2)13-11-16(17(19)14-18)15-9-6-5-7-10-15/h5-7,9-11,13-14,16H,3-4,8,12H2,1-2H3. The van der Waals surface area contributed by atoms with Crippen molar-refractivity contribution in [1.82, 2.24) is 0 Å². The molecule has 1 aliphatic rings. The Morgan fingerprint density at radius 1 is 1.20 bits per heavy atom. The van der Waals surface area contributed by atoms with Crippen molar-refractivity contribution in [3.63, 3.8) is 0 Å². The van der Waals surface area contributed by atoms with E-state index in [0.717, 1.165) is 31.2 Å². The molecule has 0 radical (unpaired) electrons. The molecule has 0 heterocycles. The van der Waals surface area contributed by atoms with Gasteiger partial charge in [-0.1, -0.05) is 62.2 Å². The Kier molecular flexibility index (Phi) is 5.13. The highest BCUT2D eigenvalue weighted by molar-refractivity contribution is 5.38. The molecule has 0 fully saturated rings. The van der Waals surface area contributed by atoms with Crippen LogP contribution in [-0.4, -0.2) is 12.7 Å². The first-order valence-corrected chi connectivity index (χ1v) is 7.38. The lowest BCUT2D eigenvalue weighted by Gasteiger charge is -2.31. The van der Waals surface area contributed by atoms with E-state index >= 15 is 0 Å². The fourth-order valence-corrected chi connectivity index (χ4v) is 2.69. The number of halogens is 1. The highest BCUT2D eigenvalue weighted by Gasteiger charge is 2.30. The van der Waals surface area contributed by atoms with Crippen molar-refractivity contribution < 1.29 is 9.13 Å². The molecule has 1 aromatic carbocycles. The van der Waals surface area contributed by atoms with E-state index in [-0.39, 0.29) is 11.7 Å². The van der Waals surface area contributed by atoms with E-state index < -0.39 is 5.60 Å². The molecule has 2 rings (SSSR count). The van der Waals surface area contributed by atoms with Crippen LogP contribution in [0.5, 0.6) is 0 Å². The van der Waals surface area contributed by atoms with Crippen LogP contribution < -0.4 is 0 Å². The lowest BCUT2D eigenvalue weighted by molar-refractivity contribution is 0.0603. The second-order valence-electron chi connectivity index (χ2n) is 5.39. The SMILES string of the molecule is CCCCCC1(OC)C=CC(c2ccccc2)C(F)=C1. The van der Waals surface area contributed by atoms with Crippen molar-refractivity contribution in [3.8, 4) is 0 Å². The van der Waals surface area contributed by atoms with Crippen LogP contribution in [0.25, 0.3) is 0 Å². The molecule has 0 N–H and O–H groups in total. The number of hydrogen-bond donors (Lipinski definition) is 0. The zero-order valence-corrected chi connectivity index (χ0v) is 12.3. The molecule has 0 saturated carbocycles. The molecule has 108 valence electrons. The Bertz CT molecular complexity index is 477. The van der Waals surface area contributed by atoms with Gasteiger partial charge in [-0.3, -0.25) is 0 Å². The predicted molar refractivity (Wildman–Crippen MR) is 81.4 cm³/mol. The highest BCUT2D eigenvalue weighted by atomic mass is 19.1. The molecule has 0 saturated heterocycles. The maximum atomic E-state index is 14.5. The van der Waals surface area contributed by atoms with E-state index in [1.165, 1.54) is 0 Å². The molecule has 0 aromatic heterocycles. The Hall–Kier alpha value is -1.41. The molecular formula is C18H23FO. The number of hydrogen-bond acceptors (Lipinski definition) is 1. The third kappa shape index (κ3) is 3.37. The van der Waals surface area contributed by atoms with Gasteiger partial charge in [0.15, 0.2) is 0 Å². The summed E-state index contributed by atoms with van der Waals surface area (Å²) in [5, 5.41) is 0. The summed E-state index contributed by atoms with van der Waals surface area (Å²) < 4.78 is 20.0. The van der Waals surface area contributed by atoms with Gasteiger partial charge in [0.1, 0.15) is 11.4 Å². The Morgan fingerprint density at radius 3 is 2.55 bits per heavy atom. The summed E-state index contributed by atoms with van der Waals surface area (Å²) in [6.07, 6.45) is 9.79. The van der Waals surface area contributed by atoms with Crippen LogP contribution in [-0.2, 0) is 4.74 Å². The van der Waals surface area contributed by atoms with E-state index in [1.807, 2.05) is 42.5 Å². The summed E-state index contributed by atoms with van der Waals surface area (Å²) >= 11 is 0. The fraction of sp³-hybridized carbons (Fsp3) is 0.444. The van der Waals surface area contributed by atoms with Crippen LogP contribution in [0.3, 0.4) is 0 Å². The van der Waals surface area contributed by atoms with Gasteiger partial charge in [-0.05, 0) is 24.5 Å². The van der Waals surface area contributed by atoms with Gasteiger partial charge >= 0.3 is 0 Å². The molecule has 1 aliphatic carbocycles. The number of benzene rings is 1.